The number of hydrogen-bond donors (Lipinski definition) is 1. The second kappa shape index (κ2) is 56.7. The van der Waals surface area contributed by atoms with E-state index in [1.807, 2.05) is 21.1 Å². The van der Waals surface area contributed by atoms with Gasteiger partial charge in [-0.2, -0.15) is 0 Å². The summed E-state index contributed by atoms with van der Waals surface area (Å²) in [6.07, 6.45) is 72.6. The van der Waals surface area contributed by atoms with Crippen molar-refractivity contribution in [2.45, 2.75) is 270 Å². The number of carbonyl (C=O) groups excluding carboxylic acids is 2. The molecule has 0 spiro atoms. The van der Waals surface area contributed by atoms with Crippen LogP contribution in [0.1, 0.15) is 258 Å². The van der Waals surface area contributed by atoms with Gasteiger partial charge in [-0.25, -0.2) is 4.79 Å². The zero-order valence-electron chi connectivity index (χ0n) is 49.2. The van der Waals surface area contributed by atoms with E-state index >= 15 is 0 Å². The molecule has 0 aliphatic rings. The predicted molar refractivity (Wildman–Crippen MR) is 318 cm³/mol. The summed E-state index contributed by atoms with van der Waals surface area (Å²) in [5, 5.41) is 9.71. The SMILES string of the molecule is CC/C=C\C/C=C\C/C=C\C/C=C\C/C=C\C/C=C\C/C=C\CCCC(=O)OC(COC(=O)CCCCCCCCCCCCCCCCCCCCCCCCCCCCC)COC(OCC[N+](C)(C)C)C(=O)O. The number of likely N-dealkylation sites (N-methyl/N-ethyl adjacent to an activating group) is 1. The minimum atomic E-state index is -1.53. The van der Waals surface area contributed by atoms with Crippen molar-refractivity contribution in [3.63, 3.8) is 0 Å². The predicted octanol–water partition coefficient (Wildman–Crippen LogP) is 18.3. The van der Waals surface area contributed by atoms with Gasteiger partial charge in [-0.05, 0) is 64.2 Å². The highest BCUT2D eigenvalue weighted by Gasteiger charge is 2.25. The Morgan fingerprint density at radius 2 is 0.760 bits per heavy atom. The van der Waals surface area contributed by atoms with Gasteiger partial charge in [0.15, 0.2) is 6.10 Å². The second-order valence-electron chi connectivity index (χ2n) is 21.6. The van der Waals surface area contributed by atoms with Crippen LogP contribution < -0.4 is 0 Å². The monoisotopic (exact) mass is 1050 g/mol. The molecule has 0 aromatic rings. The fourth-order valence-corrected chi connectivity index (χ4v) is 8.47. The maximum absolute atomic E-state index is 12.9. The molecule has 1 N–H and O–H groups in total. The van der Waals surface area contributed by atoms with Crippen molar-refractivity contribution in [3.05, 3.63) is 85.1 Å². The van der Waals surface area contributed by atoms with E-state index in [0.29, 0.717) is 23.9 Å². The lowest BCUT2D eigenvalue weighted by Crippen LogP contribution is -2.40. The number of esters is 2. The first-order valence-corrected chi connectivity index (χ1v) is 30.8. The number of ether oxygens (including phenoxy) is 4. The molecule has 0 aromatic heterocycles. The number of hydrogen-bond acceptors (Lipinski definition) is 7. The normalized spacial score (nSPS) is 13.3. The zero-order chi connectivity index (χ0) is 54.8. The summed E-state index contributed by atoms with van der Waals surface area (Å²) >= 11 is 0. The van der Waals surface area contributed by atoms with Crippen molar-refractivity contribution in [3.8, 4) is 0 Å². The Morgan fingerprint density at radius 3 is 1.12 bits per heavy atom. The third-order valence-corrected chi connectivity index (χ3v) is 13.2. The van der Waals surface area contributed by atoms with Crippen LogP contribution in [-0.2, 0) is 33.3 Å². The van der Waals surface area contributed by atoms with E-state index in [-0.39, 0.29) is 38.6 Å². The molecule has 432 valence electrons. The summed E-state index contributed by atoms with van der Waals surface area (Å²) < 4.78 is 22.8. The van der Waals surface area contributed by atoms with E-state index in [0.717, 1.165) is 64.2 Å². The fraction of sp³-hybridized carbons (Fsp3) is 0.742. The number of unbranched alkanes of at least 4 members (excludes halogenated alkanes) is 27. The van der Waals surface area contributed by atoms with Crippen LogP contribution in [0.2, 0.25) is 0 Å². The minimum Gasteiger partial charge on any atom is -0.477 e. The molecular formula is C66H116NO8+. The number of carboxylic acids is 1. The molecule has 9 nitrogen and oxygen atoms in total. The molecule has 2 unspecified atom stereocenters. The first-order valence-electron chi connectivity index (χ1n) is 30.8. The Bertz CT molecular complexity index is 1500. The molecule has 0 aliphatic carbocycles. The molecule has 0 radical (unpaired) electrons. The van der Waals surface area contributed by atoms with E-state index < -0.39 is 24.3 Å². The van der Waals surface area contributed by atoms with Gasteiger partial charge in [0.2, 0.25) is 0 Å². The molecule has 0 aliphatic heterocycles. The van der Waals surface area contributed by atoms with Crippen molar-refractivity contribution < 1.29 is 42.9 Å². The van der Waals surface area contributed by atoms with E-state index in [1.165, 1.54) is 154 Å². The molecule has 0 bridgehead atoms. The highest BCUT2D eigenvalue weighted by molar-refractivity contribution is 5.71. The number of nitrogens with zero attached hydrogens (tertiary/aromatic N) is 1. The fourth-order valence-electron chi connectivity index (χ4n) is 8.47. The van der Waals surface area contributed by atoms with Gasteiger partial charge < -0.3 is 28.5 Å². The smallest absolute Gasteiger partial charge is 0.361 e. The van der Waals surface area contributed by atoms with E-state index in [2.05, 4.69) is 98.9 Å². The number of aliphatic carboxylic acids is 1. The molecule has 9 heteroatoms. The first kappa shape index (κ1) is 71.5. The molecule has 0 saturated heterocycles. The molecule has 0 heterocycles. The minimum absolute atomic E-state index is 0.174. The van der Waals surface area contributed by atoms with E-state index in [9.17, 15) is 19.5 Å². The van der Waals surface area contributed by atoms with Gasteiger partial charge in [0.1, 0.15) is 13.2 Å². The lowest BCUT2D eigenvalue weighted by molar-refractivity contribution is -0.870. The summed E-state index contributed by atoms with van der Waals surface area (Å²) in [6, 6.07) is 0. The van der Waals surface area contributed by atoms with E-state index in [4.69, 9.17) is 18.9 Å². The lowest BCUT2D eigenvalue weighted by atomic mass is 10.0. The summed E-state index contributed by atoms with van der Waals surface area (Å²) in [6.45, 7) is 4.72. The van der Waals surface area contributed by atoms with E-state index in [1.54, 1.807) is 0 Å². The van der Waals surface area contributed by atoms with Crippen molar-refractivity contribution >= 4 is 17.9 Å². The van der Waals surface area contributed by atoms with Crippen molar-refractivity contribution in [1.29, 1.82) is 0 Å². The summed E-state index contributed by atoms with van der Waals surface area (Å²) in [4.78, 5) is 37.4. The maximum Gasteiger partial charge on any atom is 0.361 e. The summed E-state index contributed by atoms with van der Waals surface area (Å²) in [5.41, 5.74) is 0. The molecular weight excluding hydrogens is 935 g/mol. The molecule has 2 atom stereocenters. The first-order chi connectivity index (χ1) is 36.6. The number of carbonyl (C=O) groups is 3. The van der Waals surface area contributed by atoms with Crippen molar-refractivity contribution in [2.24, 2.45) is 0 Å². The number of allylic oxidation sites excluding steroid dienone is 14. The molecule has 0 saturated carbocycles. The van der Waals surface area contributed by atoms with Gasteiger partial charge in [0.25, 0.3) is 6.29 Å². The molecule has 0 rings (SSSR count). The standard InChI is InChI=1S/C66H115NO8/c1-6-8-10-12-14-16-18-20-22-24-26-28-30-31-32-33-35-36-38-40-42-44-46-48-50-52-54-56-63(68)73-60-62(61-74-66(65(70)71)72-59-58-67(3,4)5)75-64(69)57-55-53-51-49-47-45-43-41-39-37-34-29-27-25-23-21-19-17-15-13-11-9-7-2/h9,11,15,17,21,23,27,29,37,39,43,45,49,51,62,66H,6-8,10,12-14,16,18-20,22,24-26,28,30-36,38,40-42,44,46-48,50,52-61H2,1-5H3/p+1/b11-9-,17-15-,23-21-,29-27-,39-37-,45-43-,51-49-. The Labute approximate surface area is 461 Å². The Kier molecular flexibility index (Phi) is 54.0. The third-order valence-electron chi connectivity index (χ3n) is 13.2. The van der Waals surface area contributed by atoms with Crippen LogP contribution in [0.15, 0.2) is 85.1 Å². The average molecular weight is 1050 g/mol. The van der Waals surface area contributed by atoms with Crippen LogP contribution in [0.25, 0.3) is 0 Å². The number of quaternary nitrogens is 1. The topological polar surface area (TPSA) is 108 Å². The molecule has 0 amide bonds. The summed E-state index contributed by atoms with van der Waals surface area (Å²) in [5.74, 6) is -2.08. The third kappa shape index (κ3) is 58.0. The van der Waals surface area contributed by atoms with Crippen LogP contribution in [0.3, 0.4) is 0 Å². The average Bonchev–Trinajstić information content (AvgIpc) is 3.38. The zero-order valence-corrected chi connectivity index (χ0v) is 49.2. The Hall–Kier alpha value is -3.53. The van der Waals surface area contributed by atoms with Crippen molar-refractivity contribution in [1.82, 2.24) is 0 Å². The van der Waals surface area contributed by atoms with Crippen LogP contribution in [0.4, 0.5) is 0 Å². The highest BCUT2D eigenvalue weighted by atomic mass is 16.7. The van der Waals surface area contributed by atoms with Gasteiger partial charge in [-0.1, -0.05) is 266 Å². The molecule has 0 fully saturated rings. The Balaban J connectivity index is 4.27. The van der Waals surface area contributed by atoms with Gasteiger partial charge in [-0.3, -0.25) is 9.59 Å². The maximum atomic E-state index is 12.9. The lowest BCUT2D eigenvalue weighted by Gasteiger charge is -2.25. The quantitative estimate of drug-likeness (QED) is 0.0211. The second-order valence-corrected chi connectivity index (χ2v) is 21.6. The van der Waals surface area contributed by atoms with Gasteiger partial charge >= 0.3 is 17.9 Å². The van der Waals surface area contributed by atoms with Gasteiger partial charge in [-0.15, -0.1) is 0 Å². The highest BCUT2D eigenvalue weighted by Crippen LogP contribution is 2.17. The van der Waals surface area contributed by atoms with Crippen LogP contribution in [0.5, 0.6) is 0 Å². The molecule has 0 aromatic carbocycles. The van der Waals surface area contributed by atoms with Crippen molar-refractivity contribution in [2.75, 3.05) is 47.5 Å². The largest absolute Gasteiger partial charge is 0.477 e. The number of carboxylic acid groups (broad SMARTS) is 1. The molecule has 75 heavy (non-hydrogen) atoms. The Morgan fingerprint density at radius 1 is 0.413 bits per heavy atom. The van der Waals surface area contributed by atoms with Crippen LogP contribution >= 0.6 is 0 Å². The van der Waals surface area contributed by atoms with Crippen LogP contribution in [-0.4, -0.2) is 87.4 Å². The van der Waals surface area contributed by atoms with Gasteiger partial charge in [0, 0.05) is 12.8 Å². The summed E-state index contributed by atoms with van der Waals surface area (Å²) in [7, 11) is 5.95. The van der Waals surface area contributed by atoms with Gasteiger partial charge in [0.05, 0.1) is 34.4 Å². The van der Waals surface area contributed by atoms with Crippen LogP contribution in [0, 0.1) is 0 Å². The number of rotatable bonds is 56.